The van der Waals surface area contributed by atoms with Crippen LogP contribution in [-0.4, -0.2) is 10.1 Å². The number of phenols is 1. The first kappa shape index (κ1) is 18.4. The summed E-state index contributed by atoms with van der Waals surface area (Å²) in [6, 6.07) is 33.6. The Balaban J connectivity index is 1.85. The van der Waals surface area contributed by atoms with Crippen molar-refractivity contribution in [2.45, 2.75) is 0 Å². The monoisotopic (exact) mass is 407 g/mol. The van der Waals surface area contributed by atoms with Crippen LogP contribution < -0.4 is 0 Å². The number of phenolic OH excluding ortho intramolecular Hbond substituents is 1. The zero-order valence-electron chi connectivity index (χ0n) is 16.1. The lowest BCUT2D eigenvalue weighted by molar-refractivity contribution is 0.476. The summed E-state index contributed by atoms with van der Waals surface area (Å²) in [6.07, 6.45) is 0. The Bertz CT molecular complexity index is 1290. The topological polar surface area (TPSA) is 33.1 Å². The first-order chi connectivity index (χ1) is 14.7. The number of halogens is 1. The molecule has 0 aliphatic rings. The zero-order valence-corrected chi connectivity index (χ0v) is 16.8. The second-order valence-corrected chi connectivity index (χ2v) is 7.62. The molecule has 0 saturated heterocycles. The molecule has 0 fully saturated rings. The van der Waals surface area contributed by atoms with E-state index in [1.54, 1.807) is 12.1 Å². The Morgan fingerprint density at radius 1 is 0.633 bits per heavy atom. The Morgan fingerprint density at radius 2 is 1.20 bits per heavy atom. The minimum Gasteiger partial charge on any atom is -0.508 e. The summed E-state index contributed by atoms with van der Waals surface area (Å²) in [7, 11) is 0. The van der Waals surface area contributed by atoms with Crippen molar-refractivity contribution in [2.75, 3.05) is 0 Å². The molecule has 0 aliphatic carbocycles. The van der Waals surface area contributed by atoms with E-state index in [2.05, 4.69) is 6.07 Å². The third kappa shape index (κ3) is 3.42. The molecule has 5 rings (SSSR count). The van der Waals surface area contributed by atoms with Crippen molar-refractivity contribution < 1.29 is 5.11 Å². The van der Waals surface area contributed by atoms with Crippen molar-refractivity contribution in [2.24, 2.45) is 0 Å². The van der Waals surface area contributed by atoms with Crippen molar-refractivity contribution in [3.05, 3.63) is 108 Å². The molecule has 1 aromatic heterocycles. The summed E-state index contributed by atoms with van der Waals surface area (Å²) in [5.41, 5.74) is 6.56. The van der Waals surface area contributed by atoms with Gasteiger partial charge in [-0.25, -0.2) is 4.98 Å². The number of aromatic nitrogens is 1. The Kier molecular flexibility index (Phi) is 4.70. The van der Waals surface area contributed by atoms with Gasteiger partial charge in [0.05, 0.1) is 11.2 Å². The van der Waals surface area contributed by atoms with E-state index >= 15 is 0 Å². The van der Waals surface area contributed by atoms with E-state index in [1.165, 1.54) is 0 Å². The second-order valence-electron chi connectivity index (χ2n) is 7.18. The zero-order chi connectivity index (χ0) is 20.5. The van der Waals surface area contributed by atoms with Crippen molar-refractivity contribution >= 4 is 22.5 Å². The molecule has 0 radical (unpaired) electrons. The average molecular weight is 408 g/mol. The average Bonchev–Trinajstić information content (AvgIpc) is 2.79. The fourth-order valence-electron chi connectivity index (χ4n) is 3.82. The molecule has 4 aromatic carbocycles. The van der Waals surface area contributed by atoms with Crippen LogP contribution in [0.3, 0.4) is 0 Å². The minimum atomic E-state index is 0.222. The quantitative estimate of drug-likeness (QED) is 0.334. The maximum absolute atomic E-state index is 10.6. The van der Waals surface area contributed by atoms with Gasteiger partial charge in [0.1, 0.15) is 5.75 Å². The van der Waals surface area contributed by atoms with E-state index in [4.69, 9.17) is 16.6 Å². The van der Waals surface area contributed by atoms with Crippen LogP contribution in [0.15, 0.2) is 103 Å². The lowest BCUT2D eigenvalue weighted by Gasteiger charge is -2.17. The summed E-state index contributed by atoms with van der Waals surface area (Å²) < 4.78 is 0. The fourth-order valence-corrected chi connectivity index (χ4v) is 3.99. The Morgan fingerprint density at radius 3 is 1.80 bits per heavy atom. The molecule has 1 heterocycles. The second kappa shape index (κ2) is 7.66. The Hall–Kier alpha value is -3.62. The van der Waals surface area contributed by atoms with Crippen molar-refractivity contribution in [3.63, 3.8) is 0 Å². The molecule has 0 saturated carbocycles. The van der Waals surface area contributed by atoms with Gasteiger partial charge in [0.25, 0.3) is 0 Å². The highest BCUT2D eigenvalue weighted by atomic mass is 35.5. The predicted octanol–water partition coefficient (Wildman–Crippen LogP) is 7.59. The van der Waals surface area contributed by atoms with Crippen molar-refractivity contribution in [3.8, 4) is 39.3 Å². The van der Waals surface area contributed by atoms with Crippen LogP contribution in [0.1, 0.15) is 0 Å². The molecule has 0 bridgehead atoms. The van der Waals surface area contributed by atoms with Crippen LogP contribution in [0.4, 0.5) is 0 Å². The molecule has 5 aromatic rings. The van der Waals surface area contributed by atoms with Crippen LogP contribution in [-0.2, 0) is 0 Å². The Labute approximate surface area is 180 Å². The predicted molar refractivity (Wildman–Crippen MR) is 125 cm³/mol. The summed E-state index contributed by atoms with van der Waals surface area (Å²) in [5.74, 6) is 0.222. The van der Waals surface area contributed by atoms with E-state index in [9.17, 15) is 5.11 Å². The molecular weight excluding hydrogens is 390 g/mol. The van der Waals surface area contributed by atoms with E-state index in [0.29, 0.717) is 5.02 Å². The van der Waals surface area contributed by atoms with Crippen molar-refractivity contribution in [1.82, 2.24) is 4.98 Å². The van der Waals surface area contributed by atoms with Gasteiger partial charge in [-0.3, -0.25) is 0 Å². The van der Waals surface area contributed by atoms with Gasteiger partial charge < -0.3 is 5.11 Å². The van der Waals surface area contributed by atoms with Crippen LogP contribution >= 0.6 is 11.6 Å². The largest absolute Gasteiger partial charge is 0.508 e. The van der Waals surface area contributed by atoms with Crippen LogP contribution in [0.25, 0.3) is 44.4 Å². The number of rotatable bonds is 3. The van der Waals surface area contributed by atoms with Gasteiger partial charge in [-0.2, -0.15) is 0 Å². The lowest BCUT2D eigenvalue weighted by atomic mass is 9.89. The first-order valence-corrected chi connectivity index (χ1v) is 10.1. The molecule has 0 aliphatic heterocycles. The minimum absolute atomic E-state index is 0.222. The normalized spacial score (nSPS) is 11.0. The van der Waals surface area contributed by atoms with Gasteiger partial charge in [0, 0.05) is 16.0 Å². The first-order valence-electron chi connectivity index (χ1n) is 9.73. The molecule has 2 nitrogen and oxygen atoms in total. The summed E-state index contributed by atoms with van der Waals surface area (Å²) >= 11 is 6.22. The molecule has 1 N–H and O–H groups in total. The van der Waals surface area contributed by atoms with E-state index in [-0.39, 0.29) is 5.75 Å². The molecular formula is C27H18ClNO. The molecule has 0 spiro atoms. The maximum atomic E-state index is 10.6. The third-order valence-corrected chi connectivity index (χ3v) is 5.44. The molecule has 0 atom stereocenters. The smallest absolute Gasteiger partial charge is 0.116 e. The SMILES string of the molecule is Oc1cc(-c2ccccc2)c(-c2ccc3ccc(Cl)cc3n2)c(-c2ccccc2)c1. The number of fused-ring (bicyclic) bond motifs is 1. The molecule has 3 heteroatoms. The molecule has 30 heavy (non-hydrogen) atoms. The van der Waals surface area contributed by atoms with Crippen LogP contribution in [0.2, 0.25) is 5.02 Å². The van der Waals surface area contributed by atoms with E-state index < -0.39 is 0 Å². The van der Waals surface area contributed by atoms with Crippen LogP contribution in [0.5, 0.6) is 5.75 Å². The van der Waals surface area contributed by atoms with Gasteiger partial charge in [0.15, 0.2) is 0 Å². The third-order valence-electron chi connectivity index (χ3n) is 5.20. The van der Waals surface area contributed by atoms with Gasteiger partial charge >= 0.3 is 0 Å². The number of benzene rings is 4. The highest BCUT2D eigenvalue weighted by Crippen LogP contribution is 2.42. The van der Waals surface area contributed by atoms with Crippen LogP contribution in [0, 0.1) is 0 Å². The molecule has 144 valence electrons. The maximum Gasteiger partial charge on any atom is 0.116 e. The lowest BCUT2D eigenvalue weighted by Crippen LogP contribution is -1.94. The summed E-state index contributed by atoms with van der Waals surface area (Å²) in [6.45, 7) is 0. The summed E-state index contributed by atoms with van der Waals surface area (Å²) in [5, 5.41) is 12.2. The molecule has 0 amide bonds. The van der Waals surface area contributed by atoms with Gasteiger partial charge in [-0.15, -0.1) is 0 Å². The standard InChI is InChI=1S/C27H18ClNO/c28-21-13-11-20-12-14-25(29-26(20)15-21)27-23(18-7-3-1-4-8-18)16-22(30)17-24(27)19-9-5-2-6-10-19/h1-17,30H. The van der Waals surface area contributed by atoms with Gasteiger partial charge in [-0.1, -0.05) is 84.4 Å². The molecule has 0 unspecified atom stereocenters. The van der Waals surface area contributed by atoms with Gasteiger partial charge in [0.2, 0.25) is 0 Å². The fraction of sp³-hybridized carbons (Fsp3) is 0. The number of hydrogen-bond acceptors (Lipinski definition) is 2. The number of nitrogens with zero attached hydrogens (tertiary/aromatic N) is 1. The van der Waals surface area contributed by atoms with E-state index in [0.717, 1.165) is 44.4 Å². The summed E-state index contributed by atoms with van der Waals surface area (Å²) in [4.78, 5) is 4.94. The van der Waals surface area contributed by atoms with Crippen molar-refractivity contribution in [1.29, 1.82) is 0 Å². The van der Waals surface area contributed by atoms with E-state index in [1.807, 2.05) is 84.9 Å². The number of aromatic hydroxyl groups is 1. The number of hydrogen-bond donors (Lipinski definition) is 1. The van der Waals surface area contributed by atoms with Gasteiger partial charge in [-0.05, 0) is 52.6 Å². The highest BCUT2D eigenvalue weighted by molar-refractivity contribution is 6.31. The number of pyridine rings is 1. The highest BCUT2D eigenvalue weighted by Gasteiger charge is 2.17.